The molecule has 0 unspecified atom stereocenters. The lowest BCUT2D eigenvalue weighted by Gasteiger charge is -2.02. The summed E-state index contributed by atoms with van der Waals surface area (Å²) in [5.74, 6) is 1.58. The normalized spacial score (nSPS) is 11.0. The average Bonchev–Trinajstić information content (AvgIpc) is 2.94. The van der Waals surface area contributed by atoms with Crippen LogP contribution in [0.3, 0.4) is 0 Å². The smallest absolute Gasteiger partial charge is 0.216 e. The largest absolute Gasteiger partial charge is 0.497 e. The number of aromatic amines is 1. The van der Waals surface area contributed by atoms with Crippen LogP contribution in [0.2, 0.25) is 0 Å². The summed E-state index contributed by atoms with van der Waals surface area (Å²) < 4.78 is 7.26. The molecular weight excluding hydrogens is 308 g/mol. The monoisotopic (exact) mass is 324 g/mol. The molecule has 2 aromatic carbocycles. The first-order valence-corrected chi connectivity index (χ1v) is 7.56. The van der Waals surface area contributed by atoms with Gasteiger partial charge in [-0.05, 0) is 47.6 Å². The first-order chi connectivity index (χ1) is 11.3. The zero-order valence-corrected chi connectivity index (χ0v) is 13.5. The van der Waals surface area contributed by atoms with Crippen molar-refractivity contribution < 1.29 is 4.74 Å². The van der Waals surface area contributed by atoms with E-state index in [9.17, 15) is 0 Å². The van der Waals surface area contributed by atoms with Crippen molar-refractivity contribution in [3.8, 4) is 5.75 Å². The van der Waals surface area contributed by atoms with E-state index in [0.717, 1.165) is 22.7 Å². The molecule has 0 aliphatic carbocycles. The van der Waals surface area contributed by atoms with Crippen LogP contribution >= 0.6 is 12.2 Å². The molecule has 5 nitrogen and oxygen atoms in total. The Bertz CT molecular complexity index is 850. The third-order valence-electron chi connectivity index (χ3n) is 3.36. The summed E-state index contributed by atoms with van der Waals surface area (Å²) in [6, 6.07) is 17.7. The van der Waals surface area contributed by atoms with Gasteiger partial charge in [0.2, 0.25) is 4.77 Å². The highest BCUT2D eigenvalue weighted by atomic mass is 32.1. The molecule has 0 aliphatic heterocycles. The summed E-state index contributed by atoms with van der Waals surface area (Å²) >= 11 is 5.26. The lowest BCUT2D eigenvalue weighted by molar-refractivity contribution is 0.415. The summed E-state index contributed by atoms with van der Waals surface area (Å²) in [6.45, 7) is 0. The highest BCUT2D eigenvalue weighted by molar-refractivity contribution is 7.71. The number of ether oxygens (including phenoxy) is 1. The van der Waals surface area contributed by atoms with Gasteiger partial charge in [-0.3, -0.25) is 5.10 Å². The van der Waals surface area contributed by atoms with Crippen LogP contribution in [0.15, 0.2) is 59.7 Å². The SMILES string of the molecule is COc1ccc(/C=N/n2c(Cc3ccccc3)n[nH]c2=S)cc1. The van der Waals surface area contributed by atoms with E-state index in [1.807, 2.05) is 42.5 Å². The maximum atomic E-state index is 5.26. The third kappa shape index (κ3) is 3.73. The fourth-order valence-corrected chi connectivity index (χ4v) is 2.35. The van der Waals surface area contributed by atoms with Crippen molar-refractivity contribution in [1.82, 2.24) is 14.9 Å². The van der Waals surface area contributed by atoms with Crippen molar-refractivity contribution in [3.63, 3.8) is 0 Å². The Morgan fingerprint density at radius 3 is 2.61 bits per heavy atom. The number of nitrogens with one attached hydrogen (secondary N) is 1. The summed E-state index contributed by atoms with van der Waals surface area (Å²) in [7, 11) is 1.64. The molecule has 0 fully saturated rings. The van der Waals surface area contributed by atoms with Crippen LogP contribution in [0.25, 0.3) is 0 Å². The minimum Gasteiger partial charge on any atom is -0.497 e. The molecule has 0 amide bonds. The van der Waals surface area contributed by atoms with Crippen LogP contribution in [-0.4, -0.2) is 28.2 Å². The van der Waals surface area contributed by atoms with Gasteiger partial charge in [0, 0.05) is 6.42 Å². The van der Waals surface area contributed by atoms with E-state index >= 15 is 0 Å². The molecule has 116 valence electrons. The first-order valence-electron chi connectivity index (χ1n) is 7.15. The van der Waals surface area contributed by atoms with Gasteiger partial charge in [0.05, 0.1) is 13.3 Å². The molecule has 0 atom stereocenters. The fourth-order valence-electron chi connectivity index (χ4n) is 2.15. The first kappa shape index (κ1) is 15.2. The molecule has 1 N–H and O–H groups in total. The van der Waals surface area contributed by atoms with Crippen molar-refractivity contribution in [2.24, 2.45) is 5.10 Å². The molecule has 0 radical (unpaired) electrons. The van der Waals surface area contributed by atoms with Gasteiger partial charge in [-0.25, -0.2) is 0 Å². The van der Waals surface area contributed by atoms with E-state index in [4.69, 9.17) is 17.0 Å². The zero-order chi connectivity index (χ0) is 16.1. The highest BCUT2D eigenvalue weighted by Gasteiger charge is 2.05. The number of rotatable bonds is 5. The van der Waals surface area contributed by atoms with Gasteiger partial charge < -0.3 is 4.74 Å². The minimum absolute atomic E-state index is 0.473. The van der Waals surface area contributed by atoms with Crippen LogP contribution in [0, 0.1) is 4.77 Å². The molecule has 0 aliphatic rings. The molecule has 0 saturated heterocycles. The van der Waals surface area contributed by atoms with Crippen LogP contribution in [0.1, 0.15) is 17.0 Å². The second kappa shape index (κ2) is 7.02. The van der Waals surface area contributed by atoms with E-state index in [2.05, 4.69) is 27.4 Å². The second-order valence-corrected chi connectivity index (χ2v) is 5.32. The maximum absolute atomic E-state index is 5.26. The van der Waals surface area contributed by atoms with Crippen LogP contribution in [0.5, 0.6) is 5.75 Å². The molecule has 3 aromatic rings. The Morgan fingerprint density at radius 1 is 1.17 bits per heavy atom. The number of hydrogen-bond acceptors (Lipinski definition) is 4. The molecule has 0 bridgehead atoms. The van der Waals surface area contributed by atoms with E-state index in [-0.39, 0.29) is 0 Å². The van der Waals surface area contributed by atoms with E-state index in [0.29, 0.717) is 11.2 Å². The summed E-state index contributed by atoms with van der Waals surface area (Å²) in [5, 5.41) is 11.5. The number of aromatic nitrogens is 3. The molecule has 0 spiro atoms. The van der Waals surface area contributed by atoms with E-state index in [1.54, 1.807) is 18.0 Å². The van der Waals surface area contributed by atoms with Gasteiger partial charge in [-0.15, -0.1) is 0 Å². The molecule has 1 aromatic heterocycles. The quantitative estimate of drug-likeness (QED) is 0.578. The van der Waals surface area contributed by atoms with E-state index < -0.39 is 0 Å². The van der Waals surface area contributed by atoms with Crippen molar-refractivity contribution in [2.45, 2.75) is 6.42 Å². The van der Waals surface area contributed by atoms with Crippen LogP contribution in [-0.2, 0) is 6.42 Å². The fraction of sp³-hybridized carbons (Fsp3) is 0.118. The molecule has 0 saturated carbocycles. The van der Waals surface area contributed by atoms with E-state index in [1.165, 1.54) is 0 Å². The second-order valence-electron chi connectivity index (χ2n) is 4.94. The number of hydrogen-bond donors (Lipinski definition) is 1. The minimum atomic E-state index is 0.473. The predicted molar refractivity (Wildman–Crippen MR) is 92.6 cm³/mol. The Morgan fingerprint density at radius 2 is 1.91 bits per heavy atom. The van der Waals surface area contributed by atoms with Crippen molar-refractivity contribution in [3.05, 3.63) is 76.3 Å². The zero-order valence-electron chi connectivity index (χ0n) is 12.6. The highest BCUT2D eigenvalue weighted by Crippen LogP contribution is 2.11. The molecule has 3 rings (SSSR count). The van der Waals surface area contributed by atoms with Gasteiger partial charge in [-0.1, -0.05) is 30.3 Å². The van der Waals surface area contributed by atoms with Gasteiger partial charge in [0.15, 0.2) is 5.82 Å². The Balaban J connectivity index is 1.83. The third-order valence-corrected chi connectivity index (χ3v) is 3.62. The van der Waals surface area contributed by atoms with Crippen LogP contribution < -0.4 is 4.74 Å². The molecule has 6 heteroatoms. The van der Waals surface area contributed by atoms with Gasteiger partial charge in [0.1, 0.15) is 5.75 Å². The average molecular weight is 324 g/mol. The summed E-state index contributed by atoms with van der Waals surface area (Å²) in [5.41, 5.74) is 2.11. The number of H-pyrrole nitrogens is 1. The van der Waals surface area contributed by atoms with Crippen molar-refractivity contribution in [2.75, 3.05) is 7.11 Å². The van der Waals surface area contributed by atoms with Crippen LogP contribution in [0.4, 0.5) is 0 Å². The number of methoxy groups -OCH3 is 1. The van der Waals surface area contributed by atoms with Gasteiger partial charge >= 0.3 is 0 Å². The summed E-state index contributed by atoms with van der Waals surface area (Å²) in [4.78, 5) is 0. The Labute approximate surface area is 139 Å². The van der Waals surface area contributed by atoms with Crippen molar-refractivity contribution >= 4 is 18.4 Å². The number of benzene rings is 2. The summed E-state index contributed by atoms with van der Waals surface area (Å²) in [6.07, 6.45) is 2.41. The maximum Gasteiger partial charge on any atom is 0.216 e. The standard InChI is InChI=1S/C17H16N4OS/c1-22-15-9-7-14(8-10-15)12-18-21-16(19-20-17(21)23)11-13-5-3-2-4-6-13/h2-10,12H,11H2,1H3,(H,20,23)/b18-12+. The topological polar surface area (TPSA) is 55.2 Å². The predicted octanol–water partition coefficient (Wildman–Crippen LogP) is 3.42. The number of nitrogens with zero attached hydrogens (tertiary/aromatic N) is 3. The Hall–Kier alpha value is -2.73. The molecular formula is C17H16N4OS. The Kier molecular flexibility index (Phi) is 4.63. The molecule has 1 heterocycles. The van der Waals surface area contributed by atoms with Gasteiger partial charge in [0.25, 0.3) is 0 Å². The van der Waals surface area contributed by atoms with Gasteiger partial charge in [-0.2, -0.15) is 14.9 Å². The van der Waals surface area contributed by atoms with Crippen molar-refractivity contribution in [1.29, 1.82) is 0 Å². The lowest BCUT2D eigenvalue weighted by atomic mass is 10.1. The lowest BCUT2D eigenvalue weighted by Crippen LogP contribution is -2.00. The molecule has 23 heavy (non-hydrogen) atoms.